The lowest BCUT2D eigenvalue weighted by Crippen LogP contribution is -2.51. The van der Waals surface area contributed by atoms with Gasteiger partial charge in [0.25, 0.3) is 0 Å². The fourth-order valence-electron chi connectivity index (χ4n) is 6.04. The SMILES string of the molecule is CS(=O)(=O)N1CC[C@@H](Nc2cc3c(C4C5CN(Cc6cncc(C#N)c6)CC54)nccc3cn2)[C@H](O)C1. The van der Waals surface area contributed by atoms with Crippen LogP contribution < -0.4 is 5.32 Å². The molecule has 2 N–H and O–H groups in total. The minimum atomic E-state index is -3.32. The zero-order valence-electron chi connectivity index (χ0n) is 20.5. The maximum absolute atomic E-state index is 11.8. The average Bonchev–Trinajstić information content (AvgIpc) is 3.37. The second kappa shape index (κ2) is 9.29. The molecule has 1 aliphatic carbocycles. The molecule has 2 saturated heterocycles. The number of hydrogen-bond donors (Lipinski definition) is 2. The first-order valence-corrected chi connectivity index (χ1v) is 14.4. The number of aliphatic hydroxyl groups is 1. The van der Waals surface area contributed by atoms with E-state index in [1.165, 1.54) is 10.6 Å². The van der Waals surface area contributed by atoms with Gasteiger partial charge < -0.3 is 10.4 Å². The number of aromatic nitrogens is 3. The van der Waals surface area contributed by atoms with Crippen molar-refractivity contribution in [3.63, 3.8) is 0 Å². The summed E-state index contributed by atoms with van der Waals surface area (Å²) >= 11 is 0. The Hall–Kier alpha value is -3.17. The largest absolute Gasteiger partial charge is 0.390 e. The normalized spacial score (nSPS) is 28.1. The first kappa shape index (κ1) is 24.2. The molecular weight excluding hydrogens is 490 g/mol. The van der Waals surface area contributed by atoms with Crippen LogP contribution in [0.3, 0.4) is 0 Å². The maximum Gasteiger partial charge on any atom is 0.211 e. The summed E-state index contributed by atoms with van der Waals surface area (Å²) in [6.45, 7) is 3.23. The van der Waals surface area contributed by atoms with E-state index in [1.54, 1.807) is 6.20 Å². The summed E-state index contributed by atoms with van der Waals surface area (Å²) in [7, 11) is -3.32. The van der Waals surface area contributed by atoms with Gasteiger partial charge in [0.05, 0.1) is 29.7 Å². The number of likely N-dealkylation sites (tertiary alicyclic amines) is 1. The molecular formula is C26H29N7O3S. The molecule has 3 aliphatic rings. The Bertz CT molecular complexity index is 1480. The van der Waals surface area contributed by atoms with Crippen LogP contribution in [0.2, 0.25) is 0 Å². The van der Waals surface area contributed by atoms with E-state index < -0.39 is 16.1 Å². The summed E-state index contributed by atoms with van der Waals surface area (Å²) in [5.74, 6) is 2.17. The number of aliphatic hydroxyl groups excluding tert-OH is 1. The highest BCUT2D eigenvalue weighted by Gasteiger charge is 2.57. The van der Waals surface area contributed by atoms with Gasteiger partial charge in [0.15, 0.2) is 0 Å². The maximum atomic E-state index is 11.8. The standard InChI is InChI=1S/C26H29N7O3S/c1-37(35,36)33-5-3-22(23(34)15-33)31-24-7-19-18(11-30-24)2-4-29-26(19)25-20-13-32(14-21(20)25)12-17-6-16(8-27)9-28-10-17/h2,4,6-7,9-11,20-23,25,34H,3,5,12-15H2,1H3,(H,30,31)/t20?,21?,22-,23-,25?/m1/s1. The van der Waals surface area contributed by atoms with Gasteiger partial charge in [-0.2, -0.15) is 9.57 Å². The van der Waals surface area contributed by atoms with E-state index in [1.807, 2.05) is 36.8 Å². The summed E-state index contributed by atoms with van der Waals surface area (Å²) in [6, 6.07) is 7.77. The van der Waals surface area contributed by atoms with Crippen LogP contribution in [0, 0.1) is 23.2 Å². The van der Waals surface area contributed by atoms with Crippen molar-refractivity contribution in [1.29, 1.82) is 5.26 Å². The third-order valence-electron chi connectivity index (χ3n) is 7.94. The Kier molecular flexibility index (Phi) is 6.07. The smallest absolute Gasteiger partial charge is 0.211 e. The molecule has 11 heteroatoms. The van der Waals surface area contributed by atoms with E-state index >= 15 is 0 Å². The number of rotatable bonds is 6. The third kappa shape index (κ3) is 4.78. The first-order valence-electron chi connectivity index (χ1n) is 12.5. The average molecular weight is 520 g/mol. The Morgan fingerprint density at radius 2 is 1.97 bits per heavy atom. The fraction of sp³-hybridized carbons (Fsp3) is 0.462. The monoisotopic (exact) mass is 519 g/mol. The lowest BCUT2D eigenvalue weighted by atomic mass is 10.0. The predicted octanol–water partition coefficient (Wildman–Crippen LogP) is 1.55. The molecule has 3 aromatic heterocycles. The molecule has 0 aromatic carbocycles. The molecule has 4 atom stereocenters. The Labute approximate surface area is 216 Å². The summed E-state index contributed by atoms with van der Waals surface area (Å²) in [5.41, 5.74) is 2.75. The number of piperidine rings is 2. The third-order valence-corrected chi connectivity index (χ3v) is 9.21. The lowest BCUT2D eigenvalue weighted by Gasteiger charge is -2.35. The van der Waals surface area contributed by atoms with E-state index in [-0.39, 0.29) is 12.6 Å². The van der Waals surface area contributed by atoms with Gasteiger partial charge in [-0.15, -0.1) is 0 Å². The Balaban J connectivity index is 1.14. The van der Waals surface area contributed by atoms with Crippen LogP contribution in [0.4, 0.5) is 5.82 Å². The van der Waals surface area contributed by atoms with Gasteiger partial charge in [-0.1, -0.05) is 0 Å². The second-order valence-corrected chi connectivity index (χ2v) is 12.4. The molecule has 0 amide bonds. The zero-order chi connectivity index (χ0) is 25.7. The summed E-state index contributed by atoms with van der Waals surface area (Å²) in [4.78, 5) is 15.9. The topological polar surface area (TPSA) is 135 Å². The fourth-order valence-corrected chi connectivity index (χ4v) is 6.90. The van der Waals surface area contributed by atoms with E-state index in [2.05, 4.69) is 26.3 Å². The van der Waals surface area contributed by atoms with Crippen molar-refractivity contribution in [3.8, 4) is 6.07 Å². The molecule has 10 nitrogen and oxygen atoms in total. The van der Waals surface area contributed by atoms with Gasteiger partial charge in [0.2, 0.25) is 10.0 Å². The summed E-state index contributed by atoms with van der Waals surface area (Å²) < 4.78 is 25.0. The van der Waals surface area contributed by atoms with E-state index in [9.17, 15) is 13.5 Å². The molecule has 192 valence electrons. The number of nitrogens with zero attached hydrogens (tertiary/aromatic N) is 6. The van der Waals surface area contributed by atoms with Crippen LogP contribution in [0.15, 0.2) is 43.0 Å². The number of hydrogen-bond acceptors (Lipinski definition) is 9. The molecule has 5 heterocycles. The number of β-amino-alcohol motifs (C(OH)–C–C–N with tert-alkyl or cyclic N) is 1. The van der Waals surface area contributed by atoms with Crippen LogP contribution in [0.1, 0.15) is 29.2 Å². The van der Waals surface area contributed by atoms with Gasteiger partial charge >= 0.3 is 0 Å². The molecule has 0 radical (unpaired) electrons. The highest BCUT2D eigenvalue weighted by molar-refractivity contribution is 7.88. The van der Waals surface area contributed by atoms with Crippen molar-refractivity contribution in [2.75, 3.05) is 37.8 Å². The first-order chi connectivity index (χ1) is 17.8. The van der Waals surface area contributed by atoms with E-state index in [4.69, 9.17) is 10.2 Å². The Morgan fingerprint density at radius 1 is 1.16 bits per heavy atom. The highest BCUT2D eigenvalue weighted by Crippen LogP contribution is 2.58. The van der Waals surface area contributed by atoms with Gasteiger partial charge in [-0.05, 0) is 42.0 Å². The van der Waals surface area contributed by atoms with Crippen molar-refractivity contribution in [2.24, 2.45) is 11.8 Å². The molecule has 0 spiro atoms. The molecule has 0 bridgehead atoms. The van der Waals surface area contributed by atoms with E-state index in [0.717, 1.165) is 41.7 Å². The number of anilines is 1. The number of nitriles is 1. The van der Waals surface area contributed by atoms with Crippen molar-refractivity contribution in [3.05, 3.63) is 59.8 Å². The molecule has 37 heavy (non-hydrogen) atoms. The molecule has 2 unspecified atom stereocenters. The minimum Gasteiger partial charge on any atom is -0.390 e. The van der Waals surface area contributed by atoms with Crippen molar-refractivity contribution in [2.45, 2.75) is 31.0 Å². The van der Waals surface area contributed by atoms with Crippen molar-refractivity contribution in [1.82, 2.24) is 24.2 Å². The minimum absolute atomic E-state index is 0.0791. The van der Waals surface area contributed by atoms with Crippen LogP contribution in [-0.2, 0) is 16.6 Å². The van der Waals surface area contributed by atoms with Gasteiger partial charge in [0.1, 0.15) is 11.9 Å². The summed E-state index contributed by atoms with van der Waals surface area (Å²) in [5, 5.41) is 25.1. The predicted molar refractivity (Wildman–Crippen MR) is 138 cm³/mol. The van der Waals surface area contributed by atoms with Gasteiger partial charge in [-0.25, -0.2) is 13.4 Å². The lowest BCUT2D eigenvalue weighted by molar-refractivity contribution is 0.0952. The number of pyridine rings is 3. The van der Waals surface area contributed by atoms with Crippen molar-refractivity contribution >= 4 is 26.6 Å². The molecule has 3 fully saturated rings. The van der Waals surface area contributed by atoms with Crippen LogP contribution >= 0.6 is 0 Å². The molecule has 3 aromatic rings. The number of sulfonamides is 1. The molecule has 2 aliphatic heterocycles. The molecule has 6 rings (SSSR count). The number of nitrogens with one attached hydrogen (secondary N) is 1. The van der Waals surface area contributed by atoms with Gasteiger partial charge in [0, 0.05) is 74.2 Å². The Morgan fingerprint density at radius 3 is 2.70 bits per heavy atom. The molecule has 1 saturated carbocycles. The second-order valence-electron chi connectivity index (χ2n) is 10.5. The van der Waals surface area contributed by atoms with Gasteiger partial charge in [-0.3, -0.25) is 14.9 Å². The zero-order valence-corrected chi connectivity index (χ0v) is 21.3. The van der Waals surface area contributed by atoms with Crippen LogP contribution in [0.5, 0.6) is 0 Å². The quantitative estimate of drug-likeness (QED) is 0.497. The number of fused-ring (bicyclic) bond motifs is 2. The summed E-state index contributed by atoms with van der Waals surface area (Å²) in [6.07, 6.45) is 7.96. The van der Waals surface area contributed by atoms with Crippen LogP contribution in [-0.4, -0.2) is 82.3 Å². The van der Waals surface area contributed by atoms with Crippen molar-refractivity contribution < 1.29 is 13.5 Å². The van der Waals surface area contributed by atoms with E-state index in [0.29, 0.717) is 42.1 Å². The van der Waals surface area contributed by atoms with Crippen LogP contribution in [0.25, 0.3) is 10.8 Å². The highest BCUT2D eigenvalue weighted by atomic mass is 32.2.